The van der Waals surface area contributed by atoms with E-state index in [0.29, 0.717) is 5.56 Å². The molecule has 1 rings (SSSR count). The lowest BCUT2D eigenvalue weighted by Crippen LogP contribution is -2.46. The van der Waals surface area contributed by atoms with E-state index in [1.165, 1.54) is 12.1 Å². The summed E-state index contributed by atoms with van der Waals surface area (Å²) >= 11 is 0. The smallest absolute Gasteiger partial charge is 0.390 e. The molecule has 0 saturated heterocycles. The first kappa shape index (κ1) is 14.5. The summed E-state index contributed by atoms with van der Waals surface area (Å²) in [5, 5.41) is 9.18. The number of hydrogen-bond donors (Lipinski definition) is 2. The molecule has 0 aliphatic heterocycles. The van der Waals surface area contributed by atoms with Crippen LogP contribution < -0.4 is 5.73 Å². The Balaban J connectivity index is 3.37. The fourth-order valence-electron chi connectivity index (χ4n) is 2.01. The van der Waals surface area contributed by atoms with Crippen molar-refractivity contribution in [1.82, 2.24) is 0 Å². The van der Waals surface area contributed by atoms with Crippen molar-refractivity contribution in [3.63, 3.8) is 0 Å². The minimum absolute atomic E-state index is 0.109. The van der Waals surface area contributed by atoms with Crippen molar-refractivity contribution in [2.75, 3.05) is 6.54 Å². The quantitative estimate of drug-likeness (QED) is 0.873. The Labute approximate surface area is 102 Å². The summed E-state index contributed by atoms with van der Waals surface area (Å²) in [6.45, 7) is 0.964. The molecule has 0 bridgehead atoms. The summed E-state index contributed by atoms with van der Waals surface area (Å²) in [6.07, 6.45) is -6.07. The first-order valence-electron chi connectivity index (χ1n) is 5.29. The first-order valence-corrected chi connectivity index (χ1v) is 5.29. The van der Waals surface area contributed by atoms with E-state index < -0.39 is 30.5 Å². The van der Waals surface area contributed by atoms with Crippen molar-refractivity contribution in [3.8, 4) is 0 Å². The number of carboxylic acid groups (broad SMARTS) is 1. The highest BCUT2D eigenvalue weighted by atomic mass is 19.4. The highest BCUT2D eigenvalue weighted by Crippen LogP contribution is 2.37. The number of hydrogen-bond acceptors (Lipinski definition) is 2. The molecule has 6 heteroatoms. The van der Waals surface area contributed by atoms with Crippen molar-refractivity contribution in [2.24, 2.45) is 5.73 Å². The maximum absolute atomic E-state index is 12.6. The van der Waals surface area contributed by atoms with Gasteiger partial charge in [-0.05, 0) is 18.1 Å². The summed E-state index contributed by atoms with van der Waals surface area (Å²) < 4.78 is 37.8. The first-order chi connectivity index (χ1) is 8.23. The molecular weight excluding hydrogens is 247 g/mol. The second kappa shape index (κ2) is 4.97. The SMILES string of the molecule is Cc1ccccc1C(CN)(CC(F)(F)F)C(=O)O. The normalized spacial score (nSPS) is 15.2. The third kappa shape index (κ3) is 2.81. The van der Waals surface area contributed by atoms with Gasteiger partial charge in [0.25, 0.3) is 0 Å². The van der Waals surface area contributed by atoms with Gasteiger partial charge in [-0.3, -0.25) is 4.79 Å². The molecule has 0 radical (unpaired) electrons. The molecule has 3 nitrogen and oxygen atoms in total. The third-order valence-corrected chi connectivity index (χ3v) is 2.92. The summed E-state index contributed by atoms with van der Waals surface area (Å²) in [6, 6.07) is 6.09. The molecular formula is C12H14F3NO2. The molecule has 100 valence electrons. The molecule has 0 spiro atoms. The van der Waals surface area contributed by atoms with Gasteiger partial charge in [-0.15, -0.1) is 0 Å². The molecule has 3 N–H and O–H groups in total. The minimum Gasteiger partial charge on any atom is -0.481 e. The van der Waals surface area contributed by atoms with Crippen molar-refractivity contribution in [2.45, 2.75) is 24.9 Å². The third-order valence-electron chi connectivity index (χ3n) is 2.92. The van der Waals surface area contributed by atoms with E-state index in [1.807, 2.05) is 0 Å². The van der Waals surface area contributed by atoms with Gasteiger partial charge in [0.05, 0.1) is 6.42 Å². The average Bonchev–Trinajstić information content (AvgIpc) is 2.25. The Bertz CT molecular complexity index is 445. The van der Waals surface area contributed by atoms with Crippen molar-refractivity contribution in [3.05, 3.63) is 35.4 Å². The van der Waals surface area contributed by atoms with Gasteiger partial charge < -0.3 is 10.8 Å². The second-order valence-corrected chi connectivity index (χ2v) is 4.20. The summed E-state index contributed by atoms with van der Waals surface area (Å²) in [5.41, 5.74) is 3.80. The van der Waals surface area contributed by atoms with Crippen molar-refractivity contribution >= 4 is 5.97 Å². The Morgan fingerprint density at radius 2 is 1.89 bits per heavy atom. The van der Waals surface area contributed by atoms with Gasteiger partial charge in [0, 0.05) is 6.54 Å². The Hall–Kier alpha value is -1.56. The molecule has 0 amide bonds. The van der Waals surface area contributed by atoms with E-state index in [-0.39, 0.29) is 5.56 Å². The van der Waals surface area contributed by atoms with Crippen LogP contribution in [0.25, 0.3) is 0 Å². The predicted molar refractivity (Wildman–Crippen MR) is 60.2 cm³/mol. The van der Waals surface area contributed by atoms with E-state index in [9.17, 15) is 23.1 Å². The lowest BCUT2D eigenvalue weighted by molar-refractivity contribution is -0.167. The summed E-state index contributed by atoms with van der Waals surface area (Å²) in [4.78, 5) is 11.3. The van der Waals surface area contributed by atoms with Crippen molar-refractivity contribution < 1.29 is 23.1 Å². The topological polar surface area (TPSA) is 63.3 Å². The highest BCUT2D eigenvalue weighted by Gasteiger charge is 2.49. The number of rotatable bonds is 4. The van der Waals surface area contributed by atoms with E-state index in [4.69, 9.17) is 5.73 Å². The Kier molecular flexibility index (Phi) is 4.01. The van der Waals surface area contributed by atoms with Crippen LogP contribution in [-0.2, 0) is 10.2 Å². The van der Waals surface area contributed by atoms with Gasteiger partial charge in [-0.1, -0.05) is 24.3 Å². The largest absolute Gasteiger partial charge is 0.481 e. The monoisotopic (exact) mass is 261 g/mol. The molecule has 1 atom stereocenters. The number of aryl methyl sites for hydroxylation is 1. The fraction of sp³-hybridized carbons (Fsp3) is 0.417. The number of halogens is 3. The molecule has 18 heavy (non-hydrogen) atoms. The summed E-state index contributed by atoms with van der Waals surface area (Å²) in [5.74, 6) is -1.56. The van der Waals surface area contributed by atoms with Crippen LogP contribution in [-0.4, -0.2) is 23.8 Å². The van der Waals surface area contributed by atoms with Crippen LogP contribution in [0, 0.1) is 6.92 Å². The summed E-state index contributed by atoms with van der Waals surface area (Å²) in [7, 11) is 0. The van der Waals surface area contributed by atoms with Gasteiger partial charge in [-0.2, -0.15) is 13.2 Å². The lowest BCUT2D eigenvalue weighted by Gasteiger charge is -2.30. The molecule has 0 aromatic heterocycles. The molecule has 0 aliphatic carbocycles. The van der Waals surface area contributed by atoms with Crippen LogP contribution in [0.5, 0.6) is 0 Å². The van der Waals surface area contributed by atoms with Gasteiger partial charge in [0.1, 0.15) is 5.41 Å². The van der Waals surface area contributed by atoms with Crippen LogP contribution in [0.2, 0.25) is 0 Å². The van der Waals surface area contributed by atoms with Gasteiger partial charge in [0.15, 0.2) is 0 Å². The van der Waals surface area contributed by atoms with Crippen molar-refractivity contribution in [1.29, 1.82) is 0 Å². The number of alkyl halides is 3. The molecule has 0 aliphatic rings. The van der Waals surface area contributed by atoms with E-state index in [1.54, 1.807) is 19.1 Å². The maximum Gasteiger partial charge on any atom is 0.390 e. The van der Waals surface area contributed by atoms with E-state index in [0.717, 1.165) is 0 Å². The molecule has 0 heterocycles. The number of benzene rings is 1. The maximum atomic E-state index is 12.6. The number of nitrogens with two attached hydrogens (primary N) is 1. The zero-order valence-corrected chi connectivity index (χ0v) is 9.79. The molecule has 1 aromatic carbocycles. The second-order valence-electron chi connectivity index (χ2n) is 4.20. The van der Waals surface area contributed by atoms with Gasteiger partial charge in [-0.25, -0.2) is 0 Å². The Morgan fingerprint density at radius 3 is 2.28 bits per heavy atom. The van der Waals surface area contributed by atoms with E-state index >= 15 is 0 Å². The standard InChI is InChI=1S/C12H14F3NO2/c1-8-4-2-3-5-9(8)11(7-16,10(17)18)6-12(13,14)15/h2-5H,6-7,16H2,1H3,(H,17,18). The predicted octanol–water partition coefficient (Wildman–Crippen LogP) is 2.23. The average molecular weight is 261 g/mol. The molecule has 1 unspecified atom stereocenters. The number of aliphatic carboxylic acids is 1. The number of carbonyl (C=O) groups is 1. The molecule has 0 saturated carbocycles. The van der Waals surface area contributed by atoms with Gasteiger partial charge in [0.2, 0.25) is 0 Å². The fourth-order valence-corrected chi connectivity index (χ4v) is 2.01. The van der Waals surface area contributed by atoms with Crippen LogP contribution in [0.15, 0.2) is 24.3 Å². The zero-order chi connectivity index (χ0) is 14.0. The Morgan fingerprint density at radius 1 is 1.33 bits per heavy atom. The van der Waals surface area contributed by atoms with Gasteiger partial charge >= 0.3 is 12.1 Å². The lowest BCUT2D eigenvalue weighted by atomic mass is 9.75. The molecule has 1 aromatic rings. The zero-order valence-electron chi connectivity index (χ0n) is 9.79. The molecule has 0 fully saturated rings. The van der Waals surface area contributed by atoms with Crippen LogP contribution in [0.3, 0.4) is 0 Å². The van der Waals surface area contributed by atoms with Crippen LogP contribution >= 0.6 is 0 Å². The minimum atomic E-state index is -4.60. The number of carboxylic acids is 1. The highest BCUT2D eigenvalue weighted by molar-refractivity contribution is 5.82. The van der Waals surface area contributed by atoms with E-state index in [2.05, 4.69) is 0 Å². The van der Waals surface area contributed by atoms with Crippen LogP contribution in [0.1, 0.15) is 17.5 Å². The van der Waals surface area contributed by atoms with Crippen LogP contribution in [0.4, 0.5) is 13.2 Å².